The number of nitrogens with zero attached hydrogens (tertiary/aromatic N) is 2. The van der Waals surface area contributed by atoms with Gasteiger partial charge in [0, 0.05) is 13.0 Å². The normalized spacial score (nSPS) is 17.0. The lowest BCUT2D eigenvalue weighted by Crippen LogP contribution is -2.34. The number of halogens is 3. The number of nitrogens with one attached hydrogen (secondary N) is 1. The number of hydrogen-bond acceptors (Lipinski definition) is 4. The van der Waals surface area contributed by atoms with Gasteiger partial charge >= 0.3 is 6.18 Å². The highest BCUT2D eigenvalue weighted by Gasteiger charge is 2.39. The minimum atomic E-state index is -4.44. The molecule has 0 spiro atoms. The van der Waals surface area contributed by atoms with Crippen molar-refractivity contribution < 1.29 is 22.8 Å². The molecule has 1 heterocycles. The summed E-state index contributed by atoms with van der Waals surface area (Å²) in [5.74, 6) is -0.500. The van der Waals surface area contributed by atoms with E-state index >= 15 is 0 Å². The second kappa shape index (κ2) is 11.4. The number of amidine groups is 1. The molecule has 1 aliphatic heterocycles. The highest BCUT2D eigenvalue weighted by molar-refractivity contribution is 8.15. The van der Waals surface area contributed by atoms with Crippen molar-refractivity contribution in [3.63, 3.8) is 0 Å². The van der Waals surface area contributed by atoms with E-state index < -0.39 is 17.0 Å². The maximum atomic E-state index is 13.2. The van der Waals surface area contributed by atoms with Crippen LogP contribution in [-0.4, -0.2) is 33.7 Å². The SMILES string of the molecule is O=C(C[C@H]1SC(=Nc2ccc(C(F)(F)F)cc2)N(Cc2ccccc2)C1=O)NCCc1ccccc1. The van der Waals surface area contributed by atoms with E-state index in [1.165, 1.54) is 17.0 Å². The van der Waals surface area contributed by atoms with Crippen molar-refractivity contribution in [2.75, 3.05) is 6.54 Å². The molecule has 1 saturated heterocycles. The third-order valence-corrected chi connectivity index (χ3v) is 6.75. The molecule has 3 aromatic carbocycles. The minimum Gasteiger partial charge on any atom is -0.356 e. The largest absolute Gasteiger partial charge is 0.416 e. The van der Waals surface area contributed by atoms with Crippen LogP contribution < -0.4 is 5.32 Å². The third kappa shape index (κ3) is 6.75. The first-order chi connectivity index (χ1) is 17.3. The summed E-state index contributed by atoms with van der Waals surface area (Å²) in [5, 5.41) is 2.54. The molecule has 0 saturated carbocycles. The average Bonchev–Trinajstić information content (AvgIpc) is 3.14. The summed E-state index contributed by atoms with van der Waals surface area (Å²) in [7, 11) is 0. The maximum Gasteiger partial charge on any atom is 0.416 e. The number of hydrogen-bond donors (Lipinski definition) is 1. The van der Waals surface area contributed by atoms with Crippen molar-refractivity contribution >= 4 is 34.4 Å². The number of thioether (sulfide) groups is 1. The number of carbonyl (C=O) groups excluding carboxylic acids is 2. The topological polar surface area (TPSA) is 61.8 Å². The van der Waals surface area contributed by atoms with Gasteiger partial charge in [-0.05, 0) is 41.8 Å². The summed E-state index contributed by atoms with van der Waals surface area (Å²) in [5.41, 5.74) is 1.50. The van der Waals surface area contributed by atoms with E-state index in [2.05, 4.69) is 10.3 Å². The first-order valence-electron chi connectivity index (χ1n) is 11.4. The molecule has 36 heavy (non-hydrogen) atoms. The number of carbonyl (C=O) groups is 2. The molecule has 1 fully saturated rings. The van der Waals surface area contributed by atoms with Crippen LogP contribution in [0.1, 0.15) is 23.1 Å². The van der Waals surface area contributed by atoms with Gasteiger partial charge in [0.15, 0.2) is 5.17 Å². The zero-order valence-corrected chi connectivity index (χ0v) is 20.1. The summed E-state index contributed by atoms with van der Waals surface area (Å²) in [6.07, 6.45) is -3.78. The fourth-order valence-corrected chi connectivity index (χ4v) is 4.86. The van der Waals surface area contributed by atoms with E-state index in [0.717, 1.165) is 35.0 Å². The van der Waals surface area contributed by atoms with Gasteiger partial charge in [-0.3, -0.25) is 14.5 Å². The Kier molecular flexibility index (Phi) is 8.10. The van der Waals surface area contributed by atoms with Gasteiger partial charge in [-0.2, -0.15) is 13.2 Å². The van der Waals surface area contributed by atoms with Crippen LogP contribution in [0.25, 0.3) is 0 Å². The Morgan fingerprint density at radius 3 is 2.14 bits per heavy atom. The predicted octanol–water partition coefficient (Wildman–Crippen LogP) is 5.59. The van der Waals surface area contributed by atoms with Gasteiger partial charge in [0.1, 0.15) is 5.25 Å². The molecule has 4 rings (SSSR count). The van der Waals surface area contributed by atoms with Crippen LogP contribution in [0.2, 0.25) is 0 Å². The predicted molar refractivity (Wildman–Crippen MR) is 135 cm³/mol. The highest BCUT2D eigenvalue weighted by Crippen LogP contribution is 2.34. The molecule has 0 aromatic heterocycles. The number of amides is 2. The summed E-state index contributed by atoms with van der Waals surface area (Å²) < 4.78 is 38.7. The Hall–Kier alpha value is -3.59. The lowest BCUT2D eigenvalue weighted by molar-refractivity contribution is -0.137. The van der Waals surface area contributed by atoms with Crippen LogP contribution in [0, 0.1) is 0 Å². The zero-order chi connectivity index (χ0) is 25.5. The second-order valence-corrected chi connectivity index (χ2v) is 9.42. The van der Waals surface area contributed by atoms with Gasteiger partial charge in [0.25, 0.3) is 0 Å². The van der Waals surface area contributed by atoms with Crippen LogP contribution in [0.15, 0.2) is 89.9 Å². The third-order valence-electron chi connectivity index (χ3n) is 5.57. The van der Waals surface area contributed by atoms with Gasteiger partial charge in [-0.1, -0.05) is 72.4 Å². The van der Waals surface area contributed by atoms with Crippen LogP contribution in [0.5, 0.6) is 0 Å². The van der Waals surface area contributed by atoms with Gasteiger partial charge in [0.05, 0.1) is 17.8 Å². The number of aliphatic imine (C=N–C) groups is 1. The summed E-state index contributed by atoms with van der Waals surface area (Å²) in [6.45, 7) is 0.701. The fourth-order valence-electron chi connectivity index (χ4n) is 3.70. The Morgan fingerprint density at radius 2 is 1.53 bits per heavy atom. The van der Waals surface area contributed by atoms with Crippen LogP contribution >= 0.6 is 11.8 Å². The van der Waals surface area contributed by atoms with Crippen molar-refractivity contribution in [1.82, 2.24) is 10.2 Å². The Balaban J connectivity index is 1.46. The lowest BCUT2D eigenvalue weighted by atomic mass is 10.1. The molecular weight excluding hydrogens is 487 g/mol. The quantitative estimate of drug-likeness (QED) is 0.429. The summed E-state index contributed by atoms with van der Waals surface area (Å²) in [4.78, 5) is 31.7. The number of benzene rings is 3. The molecule has 9 heteroatoms. The summed E-state index contributed by atoms with van der Waals surface area (Å²) in [6, 6.07) is 23.5. The fraction of sp³-hybridized carbons (Fsp3) is 0.222. The molecule has 1 aliphatic rings. The van der Waals surface area contributed by atoms with E-state index in [1.807, 2.05) is 60.7 Å². The van der Waals surface area contributed by atoms with Crippen molar-refractivity contribution in [3.8, 4) is 0 Å². The van der Waals surface area contributed by atoms with Crippen molar-refractivity contribution in [1.29, 1.82) is 0 Å². The van der Waals surface area contributed by atoms with Gasteiger partial charge < -0.3 is 5.32 Å². The van der Waals surface area contributed by atoms with Crippen molar-refractivity contribution in [3.05, 3.63) is 102 Å². The molecule has 186 valence electrons. The molecule has 1 atom stereocenters. The van der Waals surface area contributed by atoms with E-state index in [-0.39, 0.29) is 24.8 Å². The van der Waals surface area contributed by atoms with Gasteiger partial charge in [-0.25, -0.2) is 4.99 Å². The number of alkyl halides is 3. The minimum absolute atomic E-state index is 0.0182. The van der Waals surface area contributed by atoms with E-state index in [9.17, 15) is 22.8 Å². The van der Waals surface area contributed by atoms with Crippen LogP contribution in [0.4, 0.5) is 18.9 Å². The molecule has 5 nitrogen and oxygen atoms in total. The molecule has 0 bridgehead atoms. The lowest BCUT2D eigenvalue weighted by Gasteiger charge is -2.16. The Labute approximate surface area is 211 Å². The van der Waals surface area contributed by atoms with Gasteiger partial charge in [-0.15, -0.1) is 0 Å². The molecule has 0 unspecified atom stereocenters. The smallest absolute Gasteiger partial charge is 0.356 e. The molecule has 1 N–H and O–H groups in total. The molecule has 0 aliphatic carbocycles. The monoisotopic (exact) mass is 511 g/mol. The molecule has 0 radical (unpaired) electrons. The average molecular weight is 512 g/mol. The van der Waals surface area contributed by atoms with Gasteiger partial charge in [0.2, 0.25) is 11.8 Å². The van der Waals surface area contributed by atoms with E-state index in [1.54, 1.807) is 0 Å². The molecule has 3 aromatic rings. The first-order valence-corrected chi connectivity index (χ1v) is 12.3. The second-order valence-electron chi connectivity index (χ2n) is 8.25. The van der Waals surface area contributed by atoms with Crippen molar-refractivity contribution in [2.45, 2.75) is 30.8 Å². The molecular formula is C27H24F3N3O2S. The van der Waals surface area contributed by atoms with E-state index in [0.29, 0.717) is 23.8 Å². The molecule has 2 amide bonds. The Bertz CT molecular complexity index is 1220. The van der Waals surface area contributed by atoms with Crippen LogP contribution in [0.3, 0.4) is 0 Å². The summed E-state index contributed by atoms with van der Waals surface area (Å²) >= 11 is 1.15. The van der Waals surface area contributed by atoms with E-state index in [4.69, 9.17) is 0 Å². The maximum absolute atomic E-state index is 13.2. The zero-order valence-electron chi connectivity index (χ0n) is 19.2. The van der Waals surface area contributed by atoms with Crippen LogP contribution in [-0.2, 0) is 28.7 Å². The van der Waals surface area contributed by atoms with Crippen molar-refractivity contribution in [2.24, 2.45) is 4.99 Å². The highest BCUT2D eigenvalue weighted by atomic mass is 32.2. The standard InChI is InChI=1S/C27H24F3N3O2S/c28-27(29,30)21-11-13-22(14-12-21)32-26-33(18-20-9-5-2-6-10-20)25(35)23(36-26)17-24(34)31-16-15-19-7-3-1-4-8-19/h1-14,23H,15-18H2,(H,31,34)/t23-/m1/s1. The first kappa shape index (κ1) is 25.5. The Morgan fingerprint density at radius 1 is 0.917 bits per heavy atom. The number of rotatable bonds is 8.